The molecule has 0 aliphatic heterocycles. The molecule has 2 aromatic rings. The van der Waals surface area contributed by atoms with Gasteiger partial charge in [-0.1, -0.05) is 30.4 Å². The van der Waals surface area contributed by atoms with Crippen LogP contribution in [0.4, 0.5) is 0 Å². The van der Waals surface area contributed by atoms with E-state index in [9.17, 15) is 8.42 Å². The van der Waals surface area contributed by atoms with Crippen LogP contribution >= 0.6 is 0 Å². The second-order valence-corrected chi connectivity index (χ2v) is 5.74. The number of aromatic nitrogens is 1. The van der Waals surface area contributed by atoms with E-state index in [-0.39, 0.29) is 5.03 Å². The normalized spacial score (nSPS) is 11.4. The summed E-state index contributed by atoms with van der Waals surface area (Å²) in [6.45, 7) is 5.51. The third kappa shape index (κ3) is 2.17. The minimum Gasteiger partial charge on any atom is -0.352 e. The van der Waals surface area contributed by atoms with Gasteiger partial charge in [-0.15, -0.1) is 0 Å². The zero-order chi connectivity index (χ0) is 12.5. The fourth-order valence-electron chi connectivity index (χ4n) is 1.51. The van der Waals surface area contributed by atoms with Crippen LogP contribution in [-0.4, -0.2) is 13.4 Å². The van der Waals surface area contributed by atoms with Crippen LogP contribution in [-0.2, 0) is 9.84 Å². The van der Waals surface area contributed by atoms with Gasteiger partial charge in [0.15, 0.2) is 0 Å². The summed E-state index contributed by atoms with van der Waals surface area (Å²) < 4.78 is 24.4. The first-order valence-corrected chi connectivity index (χ1v) is 6.65. The van der Waals surface area contributed by atoms with Crippen molar-refractivity contribution in [3.05, 3.63) is 54.2 Å². The van der Waals surface area contributed by atoms with Gasteiger partial charge in [-0.25, -0.2) is 8.42 Å². The van der Waals surface area contributed by atoms with E-state index in [1.807, 2.05) is 6.92 Å². The summed E-state index contributed by atoms with van der Waals surface area (Å²) in [7, 11) is -3.45. The fraction of sp³-hybridized carbons (Fsp3) is 0.0769. The van der Waals surface area contributed by atoms with Gasteiger partial charge in [-0.05, 0) is 30.7 Å². The third-order valence-corrected chi connectivity index (χ3v) is 4.24. The van der Waals surface area contributed by atoms with E-state index in [1.54, 1.807) is 42.6 Å². The molecule has 0 aliphatic carbocycles. The van der Waals surface area contributed by atoms with Crippen molar-refractivity contribution in [3.8, 4) is 0 Å². The van der Waals surface area contributed by atoms with Crippen LogP contribution in [0, 0.1) is 6.92 Å². The van der Waals surface area contributed by atoms with Gasteiger partial charge < -0.3 is 4.98 Å². The van der Waals surface area contributed by atoms with Gasteiger partial charge in [0.2, 0.25) is 9.84 Å². The summed E-state index contributed by atoms with van der Waals surface area (Å²) in [5, 5.41) is 0.191. The predicted molar refractivity (Wildman–Crippen MR) is 67.5 cm³/mol. The van der Waals surface area contributed by atoms with Crippen LogP contribution in [0.3, 0.4) is 0 Å². The molecule has 0 atom stereocenters. The summed E-state index contributed by atoms with van der Waals surface area (Å²) in [4.78, 5) is 3.04. The van der Waals surface area contributed by atoms with Crippen LogP contribution < -0.4 is 0 Å². The van der Waals surface area contributed by atoms with Crippen molar-refractivity contribution in [3.63, 3.8) is 0 Å². The summed E-state index contributed by atoms with van der Waals surface area (Å²) >= 11 is 0. The Morgan fingerprint density at radius 1 is 1.24 bits per heavy atom. The van der Waals surface area contributed by atoms with Crippen molar-refractivity contribution >= 4 is 15.9 Å². The molecular weight excluding hydrogens is 234 g/mol. The summed E-state index contributed by atoms with van der Waals surface area (Å²) in [6, 6.07) is 8.36. The van der Waals surface area contributed by atoms with Gasteiger partial charge in [-0.3, -0.25) is 0 Å². The molecule has 0 unspecified atom stereocenters. The Morgan fingerprint density at radius 3 is 2.41 bits per heavy atom. The van der Waals surface area contributed by atoms with Crippen LogP contribution in [0.1, 0.15) is 11.1 Å². The molecule has 0 radical (unpaired) electrons. The molecule has 17 heavy (non-hydrogen) atoms. The largest absolute Gasteiger partial charge is 0.352 e. The Morgan fingerprint density at radius 2 is 1.88 bits per heavy atom. The molecule has 0 amide bonds. The quantitative estimate of drug-likeness (QED) is 0.906. The van der Waals surface area contributed by atoms with Crippen LogP contribution in [0.15, 0.2) is 53.0 Å². The highest BCUT2D eigenvalue weighted by Gasteiger charge is 2.18. The highest BCUT2D eigenvalue weighted by molar-refractivity contribution is 7.91. The number of benzene rings is 1. The lowest BCUT2D eigenvalue weighted by Gasteiger charge is -2.02. The van der Waals surface area contributed by atoms with E-state index >= 15 is 0 Å². The monoisotopic (exact) mass is 247 g/mol. The smallest absolute Gasteiger partial charge is 0.221 e. The van der Waals surface area contributed by atoms with Crippen molar-refractivity contribution in [2.24, 2.45) is 0 Å². The molecule has 88 valence electrons. The van der Waals surface area contributed by atoms with Gasteiger partial charge in [0.1, 0.15) is 5.03 Å². The van der Waals surface area contributed by atoms with Crippen molar-refractivity contribution < 1.29 is 8.42 Å². The van der Waals surface area contributed by atoms with Crippen LogP contribution in [0.25, 0.3) is 6.08 Å². The molecule has 0 spiro atoms. The Bertz CT molecular complexity index is 636. The average Bonchev–Trinajstić information content (AvgIpc) is 2.78. The highest BCUT2D eigenvalue weighted by atomic mass is 32.2. The van der Waals surface area contributed by atoms with E-state index < -0.39 is 9.84 Å². The van der Waals surface area contributed by atoms with E-state index in [2.05, 4.69) is 11.6 Å². The molecule has 0 aliphatic rings. The minimum atomic E-state index is -3.45. The maximum absolute atomic E-state index is 12.2. The molecule has 1 N–H and O–H groups in total. The molecule has 2 rings (SSSR count). The van der Waals surface area contributed by atoms with Gasteiger partial charge in [0.05, 0.1) is 4.90 Å². The summed E-state index contributed by atoms with van der Waals surface area (Å²) in [5.74, 6) is 0. The molecule has 1 heterocycles. The van der Waals surface area contributed by atoms with Crippen molar-refractivity contribution in [1.29, 1.82) is 0 Å². The molecule has 1 aromatic carbocycles. The lowest BCUT2D eigenvalue weighted by molar-refractivity contribution is 0.593. The Kier molecular flexibility index (Phi) is 2.90. The molecular formula is C13H13NO2S. The van der Waals surface area contributed by atoms with E-state index in [1.165, 1.54) is 0 Å². The number of aromatic amines is 1. The molecule has 0 bridgehead atoms. The van der Waals surface area contributed by atoms with Gasteiger partial charge >= 0.3 is 0 Å². The first-order chi connectivity index (χ1) is 8.04. The van der Waals surface area contributed by atoms with E-state index in [0.717, 1.165) is 11.1 Å². The average molecular weight is 247 g/mol. The maximum Gasteiger partial charge on any atom is 0.221 e. The minimum absolute atomic E-state index is 0.191. The number of hydrogen-bond donors (Lipinski definition) is 1. The topological polar surface area (TPSA) is 49.9 Å². The molecule has 4 heteroatoms. The zero-order valence-electron chi connectivity index (χ0n) is 9.47. The zero-order valence-corrected chi connectivity index (χ0v) is 10.3. The van der Waals surface area contributed by atoms with Crippen molar-refractivity contribution in [2.75, 3.05) is 0 Å². The SMILES string of the molecule is C=Cc1c[nH]c(S(=O)(=O)c2ccc(C)cc2)c1. The second-order valence-electron chi connectivity index (χ2n) is 3.82. The van der Waals surface area contributed by atoms with E-state index in [4.69, 9.17) is 0 Å². The Labute approximate surface area is 101 Å². The highest BCUT2D eigenvalue weighted by Crippen LogP contribution is 2.21. The summed E-state index contributed by atoms with van der Waals surface area (Å²) in [6.07, 6.45) is 3.22. The van der Waals surface area contributed by atoms with Gasteiger partial charge in [0, 0.05) is 6.20 Å². The van der Waals surface area contributed by atoms with E-state index in [0.29, 0.717) is 4.90 Å². The first kappa shape index (κ1) is 11.7. The standard InChI is InChI=1S/C13H13NO2S/c1-3-11-8-13(14-9-11)17(15,16)12-6-4-10(2)5-7-12/h3-9,14H,1H2,2H3. The number of sulfone groups is 1. The molecule has 3 nitrogen and oxygen atoms in total. The number of rotatable bonds is 3. The lowest BCUT2D eigenvalue weighted by atomic mass is 10.2. The number of nitrogens with one attached hydrogen (secondary N) is 1. The third-order valence-electron chi connectivity index (χ3n) is 2.54. The fourth-order valence-corrected chi connectivity index (χ4v) is 2.76. The van der Waals surface area contributed by atoms with Crippen LogP contribution in [0.5, 0.6) is 0 Å². The molecule has 0 fully saturated rings. The van der Waals surface area contributed by atoms with Crippen molar-refractivity contribution in [2.45, 2.75) is 16.8 Å². The summed E-state index contributed by atoms with van der Waals surface area (Å²) in [5.41, 5.74) is 1.79. The Hall–Kier alpha value is -1.81. The maximum atomic E-state index is 12.2. The van der Waals surface area contributed by atoms with Gasteiger partial charge in [0.25, 0.3) is 0 Å². The number of aryl methyl sites for hydroxylation is 1. The number of H-pyrrole nitrogens is 1. The first-order valence-electron chi connectivity index (χ1n) is 5.16. The van der Waals surface area contributed by atoms with Gasteiger partial charge in [-0.2, -0.15) is 0 Å². The molecule has 1 aromatic heterocycles. The lowest BCUT2D eigenvalue weighted by Crippen LogP contribution is -2.01. The number of hydrogen-bond acceptors (Lipinski definition) is 2. The van der Waals surface area contributed by atoms with Crippen molar-refractivity contribution in [1.82, 2.24) is 4.98 Å². The molecule has 0 saturated heterocycles. The second kappa shape index (κ2) is 4.22. The van der Waals surface area contributed by atoms with Crippen LogP contribution in [0.2, 0.25) is 0 Å². The molecule has 0 saturated carbocycles. The predicted octanol–water partition coefficient (Wildman–Crippen LogP) is 2.80. The Balaban J connectivity index is 2.49.